The van der Waals surface area contributed by atoms with Crippen molar-refractivity contribution in [2.75, 3.05) is 6.61 Å². The minimum Gasteiger partial charge on any atom is -0.484 e. The number of ether oxygens (including phenoxy) is 1. The molecule has 0 spiro atoms. The maximum Gasteiger partial charge on any atom is 0.261 e. The summed E-state index contributed by atoms with van der Waals surface area (Å²) < 4.78 is 5.65. The molecule has 2 aromatic rings. The molecule has 2 rings (SSSR count). The molecule has 0 aliphatic rings. The second-order valence-corrected chi connectivity index (χ2v) is 8.60. The van der Waals surface area contributed by atoms with Gasteiger partial charge in [-0.1, -0.05) is 41.4 Å². The molecule has 1 unspecified atom stereocenters. The van der Waals surface area contributed by atoms with E-state index in [1.54, 1.807) is 19.1 Å². The molecule has 0 heterocycles. The zero-order valence-corrected chi connectivity index (χ0v) is 18.4. The quantitative estimate of drug-likeness (QED) is 0.729. The standard InChI is InChI=1S/C23H29ClN2O3/c1-16-6-12-20(13-7-16)29-15-21(27)26(14-18-8-10-19(24)11-9-18)17(2)22(28)25-23(3,4)5/h6-13,17H,14-15H2,1-5H3,(H,25,28). The Balaban J connectivity index is 2.15. The molecule has 0 saturated heterocycles. The van der Waals surface area contributed by atoms with E-state index >= 15 is 0 Å². The number of hydrogen-bond acceptors (Lipinski definition) is 3. The summed E-state index contributed by atoms with van der Waals surface area (Å²) in [6, 6.07) is 14.1. The van der Waals surface area contributed by atoms with Crippen LogP contribution >= 0.6 is 11.6 Å². The Morgan fingerprint density at radius 1 is 1.07 bits per heavy atom. The van der Waals surface area contributed by atoms with Gasteiger partial charge in [0.15, 0.2) is 6.61 Å². The fourth-order valence-corrected chi connectivity index (χ4v) is 2.83. The van der Waals surface area contributed by atoms with Gasteiger partial charge in [0.05, 0.1) is 0 Å². The number of nitrogens with zero attached hydrogens (tertiary/aromatic N) is 1. The first-order valence-corrected chi connectivity index (χ1v) is 9.98. The van der Waals surface area contributed by atoms with Crippen LogP contribution in [0.1, 0.15) is 38.8 Å². The third-order valence-electron chi connectivity index (χ3n) is 4.31. The highest BCUT2D eigenvalue weighted by Gasteiger charge is 2.28. The van der Waals surface area contributed by atoms with Gasteiger partial charge in [-0.2, -0.15) is 0 Å². The summed E-state index contributed by atoms with van der Waals surface area (Å²) in [5, 5.41) is 3.55. The number of carbonyl (C=O) groups is 2. The van der Waals surface area contributed by atoms with Crippen LogP contribution in [-0.4, -0.2) is 34.9 Å². The highest BCUT2D eigenvalue weighted by Crippen LogP contribution is 2.16. The highest BCUT2D eigenvalue weighted by molar-refractivity contribution is 6.30. The molecule has 0 fully saturated rings. The van der Waals surface area contributed by atoms with E-state index in [-0.39, 0.29) is 25.0 Å². The molecule has 1 N–H and O–H groups in total. The number of amides is 2. The van der Waals surface area contributed by atoms with Gasteiger partial charge < -0.3 is 15.0 Å². The lowest BCUT2D eigenvalue weighted by molar-refractivity contribution is -0.142. The Labute approximate surface area is 178 Å². The van der Waals surface area contributed by atoms with E-state index in [2.05, 4.69) is 5.32 Å². The second-order valence-electron chi connectivity index (χ2n) is 8.17. The zero-order valence-electron chi connectivity index (χ0n) is 17.7. The second kappa shape index (κ2) is 9.79. The Morgan fingerprint density at radius 2 is 1.66 bits per heavy atom. The summed E-state index contributed by atoms with van der Waals surface area (Å²) in [7, 11) is 0. The predicted molar refractivity (Wildman–Crippen MR) is 116 cm³/mol. The van der Waals surface area contributed by atoms with Crippen LogP contribution in [0.15, 0.2) is 48.5 Å². The van der Waals surface area contributed by atoms with Gasteiger partial charge in [0.2, 0.25) is 5.91 Å². The topological polar surface area (TPSA) is 58.6 Å². The van der Waals surface area contributed by atoms with Gasteiger partial charge in [-0.05, 0) is 64.4 Å². The molecule has 6 heteroatoms. The van der Waals surface area contributed by atoms with E-state index in [0.29, 0.717) is 10.8 Å². The lowest BCUT2D eigenvalue weighted by Crippen LogP contribution is -2.53. The van der Waals surface area contributed by atoms with Crippen LogP contribution in [0.2, 0.25) is 5.02 Å². The van der Waals surface area contributed by atoms with E-state index in [0.717, 1.165) is 11.1 Å². The van der Waals surface area contributed by atoms with Crippen molar-refractivity contribution in [1.82, 2.24) is 10.2 Å². The number of nitrogens with one attached hydrogen (secondary N) is 1. The van der Waals surface area contributed by atoms with Crippen LogP contribution < -0.4 is 10.1 Å². The van der Waals surface area contributed by atoms with Crippen molar-refractivity contribution in [2.45, 2.75) is 52.7 Å². The maximum atomic E-state index is 13.0. The first-order chi connectivity index (χ1) is 13.5. The summed E-state index contributed by atoms with van der Waals surface area (Å²) in [5.41, 5.74) is 1.60. The van der Waals surface area contributed by atoms with Crippen molar-refractivity contribution in [3.05, 3.63) is 64.7 Å². The van der Waals surface area contributed by atoms with Crippen molar-refractivity contribution in [3.63, 3.8) is 0 Å². The largest absolute Gasteiger partial charge is 0.484 e. The number of carbonyl (C=O) groups excluding carboxylic acids is 2. The van der Waals surface area contributed by atoms with Crippen LogP contribution in [0.4, 0.5) is 0 Å². The van der Waals surface area contributed by atoms with Gasteiger partial charge in [-0.15, -0.1) is 0 Å². The molecule has 1 atom stereocenters. The monoisotopic (exact) mass is 416 g/mol. The van der Waals surface area contributed by atoms with Crippen LogP contribution in [0.5, 0.6) is 5.75 Å². The smallest absolute Gasteiger partial charge is 0.261 e. The summed E-state index contributed by atoms with van der Waals surface area (Å²) in [6.45, 7) is 9.56. The lowest BCUT2D eigenvalue weighted by atomic mass is 10.1. The van der Waals surface area contributed by atoms with Crippen LogP contribution in [-0.2, 0) is 16.1 Å². The zero-order chi connectivity index (χ0) is 21.6. The number of benzene rings is 2. The summed E-state index contributed by atoms with van der Waals surface area (Å²) in [5.74, 6) is 0.134. The first kappa shape index (κ1) is 22.8. The SMILES string of the molecule is Cc1ccc(OCC(=O)N(Cc2ccc(Cl)cc2)C(C)C(=O)NC(C)(C)C)cc1. The Bertz CT molecular complexity index is 827. The van der Waals surface area contributed by atoms with Crippen LogP contribution in [0.25, 0.3) is 0 Å². The highest BCUT2D eigenvalue weighted by atomic mass is 35.5. The van der Waals surface area contributed by atoms with E-state index in [9.17, 15) is 9.59 Å². The molecule has 0 saturated carbocycles. The third-order valence-corrected chi connectivity index (χ3v) is 4.57. The van der Waals surface area contributed by atoms with Gasteiger partial charge in [-0.25, -0.2) is 0 Å². The molecule has 0 aliphatic carbocycles. The van der Waals surface area contributed by atoms with Gasteiger partial charge in [0.25, 0.3) is 5.91 Å². The molecule has 0 aliphatic heterocycles. The van der Waals surface area contributed by atoms with E-state index in [4.69, 9.17) is 16.3 Å². The van der Waals surface area contributed by atoms with Crippen molar-refractivity contribution < 1.29 is 14.3 Å². The molecule has 0 aromatic heterocycles. The molecule has 0 radical (unpaired) electrons. The third kappa shape index (κ3) is 7.42. The number of aryl methyl sites for hydroxylation is 1. The van der Waals surface area contributed by atoms with Crippen LogP contribution in [0, 0.1) is 6.92 Å². The predicted octanol–water partition coefficient (Wildman–Crippen LogP) is 4.36. The average Bonchev–Trinajstić information content (AvgIpc) is 2.65. The lowest BCUT2D eigenvalue weighted by Gasteiger charge is -2.31. The molecular weight excluding hydrogens is 388 g/mol. The Morgan fingerprint density at radius 3 is 2.21 bits per heavy atom. The van der Waals surface area contributed by atoms with E-state index < -0.39 is 11.6 Å². The van der Waals surface area contributed by atoms with Crippen molar-refractivity contribution in [1.29, 1.82) is 0 Å². The van der Waals surface area contributed by atoms with Gasteiger partial charge in [0.1, 0.15) is 11.8 Å². The number of rotatable bonds is 7. The van der Waals surface area contributed by atoms with E-state index in [1.807, 2.05) is 64.1 Å². The molecule has 2 aromatic carbocycles. The summed E-state index contributed by atoms with van der Waals surface area (Å²) in [4.78, 5) is 27.2. The first-order valence-electron chi connectivity index (χ1n) is 9.60. The minimum absolute atomic E-state index is 0.149. The van der Waals surface area contributed by atoms with Crippen molar-refractivity contribution in [2.24, 2.45) is 0 Å². The molecule has 156 valence electrons. The average molecular weight is 417 g/mol. The van der Waals surface area contributed by atoms with Gasteiger partial charge in [0, 0.05) is 17.1 Å². The normalized spacial score (nSPS) is 12.2. The summed E-state index contributed by atoms with van der Waals surface area (Å²) >= 11 is 5.96. The van der Waals surface area contributed by atoms with Crippen molar-refractivity contribution in [3.8, 4) is 5.75 Å². The fourth-order valence-electron chi connectivity index (χ4n) is 2.71. The van der Waals surface area contributed by atoms with Crippen LogP contribution in [0.3, 0.4) is 0 Å². The molecule has 2 amide bonds. The summed E-state index contributed by atoms with van der Waals surface area (Å²) in [6.07, 6.45) is 0. The molecule has 0 bridgehead atoms. The minimum atomic E-state index is -0.654. The Hall–Kier alpha value is -2.53. The molecule has 5 nitrogen and oxygen atoms in total. The number of hydrogen-bond donors (Lipinski definition) is 1. The fraction of sp³-hybridized carbons (Fsp3) is 0.391. The maximum absolute atomic E-state index is 13.0. The van der Waals surface area contributed by atoms with Crippen molar-refractivity contribution >= 4 is 23.4 Å². The van der Waals surface area contributed by atoms with E-state index in [1.165, 1.54) is 4.90 Å². The number of halogens is 1. The Kier molecular flexibility index (Phi) is 7.68. The molecule has 29 heavy (non-hydrogen) atoms. The molecular formula is C23H29ClN2O3. The van der Waals surface area contributed by atoms with Gasteiger partial charge in [-0.3, -0.25) is 9.59 Å². The van der Waals surface area contributed by atoms with Gasteiger partial charge >= 0.3 is 0 Å².